The van der Waals surface area contributed by atoms with Crippen LogP contribution in [0.5, 0.6) is 5.75 Å². The van der Waals surface area contributed by atoms with E-state index in [1.165, 1.54) is 0 Å². The summed E-state index contributed by atoms with van der Waals surface area (Å²) >= 11 is 0. The average Bonchev–Trinajstić information content (AvgIpc) is 3.21. The Balaban J connectivity index is 1.51. The predicted molar refractivity (Wildman–Crippen MR) is 107 cm³/mol. The standard InChI is InChI=1S/C22H25FN4O2/c1-16(2)28-19-7-4-3-6-18(19)14-27-13-5-10-22(23,15-27)21-25-20(26-29-21)17-8-11-24-12-9-17/h3-4,6-9,11-12,16H,5,10,13-15H2,1-2H3. The lowest BCUT2D eigenvalue weighted by molar-refractivity contribution is 0.0120. The first-order valence-electron chi connectivity index (χ1n) is 9.94. The second-order valence-electron chi connectivity index (χ2n) is 7.71. The van der Waals surface area contributed by atoms with Crippen molar-refractivity contribution in [2.24, 2.45) is 0 Å². The number of halogens is 1. The van der Waals surface area contributed by atoms with Crippen LogP contribution in [0.15, 0.2) is 53.3 Å². The fourth-order valence-corrected chi connectivity index (χ4v) is 3.67. The van der Waals surface area contributed by atoms with Gasteiger partial charge in [0.2, 0.25) is 11.5 Å². The largest absolute Gasteiger partial charge is 0.491 e. The summed E-state index contributed by atoms with van der Waals surface area (Å²) in [6.45, 7) is 5.63. The topological polar surface area (TPSA) is 64.3 Å². The second kappa shape index (κ2) is 8.29. The van der Waals surface area contributed by atoms with Gasteiger partial charge in [0.25, 0.3) is 5.89 Å². The molecular weight excluding hydrogens is 371 g/mol. The molecule has 1 aliphatic heterocycles. The van der Waals surface area contributed by atoms with E-state index in [0.29, 0.717) is 18.8 Å². The molecule has 0 radical (unpaired) electrons. The molecule has 1 fully saturated rings. The zero-order chi connectivity index (χ0) is 20.3. The lowest BCUT2D eigenvalue weighted by Gasteiger charge is -2.35. The van der Waals surface area contributed by atoms with Crippen molar-refractivity contribution >= 4 is 0 Å². The zero-order valence-electron chi connectivity index (χ0n) is 16.7. The van der Waals surface area contributed by atoms with Gasteiger partial charge in [0, 0.05) is 36.6 Å². The van der Waals surface area contributed by atoms with E-state index in [2.05, 4.69) is 20.0 Å². The van der Waals surface area contributed by atoms with Gasteiger partial charge >= 0.3 is 0 Å². The number of aromatic nitrogens is 3. The average molecular weight is 396 g/mol. The van der Waals surface area contributed by atoms with Gasteiger partial charge in [0.05, 0.1) is 6.10 Å². The Morgan fingerprint density at radius 3 is 2.79 bits per heavy atom. The molecule has 152 valence electrons. The normalized spacial score (nSPS) is 20.1. The molecule has 29 heavy (non-hydrogen) atoms. The van der Waals surface area contributed by atoms with E-state index in [0.717, 1.165) is 29.8 Å². The van der Waals surface area contributed by atoms with Crippen LogP contribution in [0.25, 0.3) is 11.4 Å². The minimum atomic E-state index is -1.66. The maximum absolute atomic E-state index is 15.8. The monoisotopic (exact) mass is 396 g/mol. The van der Waals surface area contributed by atoms with Crippen molar-refractivity contribution in [1.29, 1.82) is 0 Å². The Morgan fingerprint density at radius 2 is 2.00 bits per heavy atom. The molecule has 1 aliphatic rings. The van der Waals surface area contributed by atoms with Gasteiger partial charge in [0.15, 0.2) is 0 Å². The van der Waals surface area contributed by atoms with Gasteiger partial charge in [0.1, 0.15) is 5.75 Å². The van der Waals surface area contributed by atoms with Crippen molar-refractivity contribution in [3.8, 4) is 17.1 Å². The fraction of sp³-hybridized carbons (Fsp3) is 0.409. The van der Waals surface area contributed by atoms with Crippen molar-refractivity contribution < 1.29 is 13.7 Å². The molecule has 1 atom stereocenters. The number of hydrogen-bond acceptors (Lipinski definition) is 6. The quantitative estimate of drug-likeness (QED) is 0.616. The summed E-state index contributed by atoms with van der Waals surface area (Å²) in [6, 6.07) is 11.5. The lowest BCUT2D eigenvalue weighted by Crippen LogP contribution is -2.43. The molecule has 0 N–H and O–H groups in total. The van der Waals surface area contributed by atoms with Gasteiger partial charge in [-0.05, 0) is 51.4 Å². The summed E-state index contributed by atoms with van der Waals surface area (Å²) in [5, 5.41) is 3.97. The molecule has 7 heteroatoms. The number of ether oxygens (including phenoxy) is 1. The van der Waals surface area contributed by atoms with Crippen molar-refractivity contribution in [2.45, 2.75) is 45.0 Å². The molecule has 1 aromatic carbocycles. The summed E-state index contributed by atoms with van der Waals surface area (Å²) in [5.74, 6) is 1.27. The van der Waals surface area contributed by atoms with Crippen LogP contribution in [0.3, 0.4) is 0 Å². The summed E-state index contributed by atoms with van der Waals surface area (Å²) in [5.41, 5.74) is 0.143. The van der Waals surface area contributed by atoms with Crippen LogP contribution in [0, 0.1) is 0 Å². The number of nitrogens with zero attached hydrogens (tertiary/aromatic N) is 4. The molecule has 0 spiro atoms. The van der Waals surface area contributed by atoms with E-state index in [-0.39, 0.29) is 18.5 Å². The van der Waals surface area contributed by atoms with Crippen LogP contribution in [-0.2, 0) is 12.2 Å². The summed E-state index contributed by atoms with van der Waals surface area (Å²) in [4.78, 5) is 10.4. The fourth-order valence-electron chi connectivity index (χ4n) is 3.67. The van der Waals surface area contributed by atoms with E-state index in [1.54, 1.807) is 24.5 Å². The van der Waals surface area contributed by atoms with Crippen LogP contribution in [-0.4, -0.2) is 39.2 Å². The van der Waals surface area contributed by atoms with Crippen LogP contribution in [0.1, 0.15) is 38.1 Å². The molecule has 1 unspecified atom stereocenters. The van der Waals surface area contributed by atoms with Gasteiger partial charge in [-0.2, -0.15) is 4.98 Å². The van der Waals surface area contributed by atoms with Crippen LogP contribution >= 0.6 is 0 Å². The van der Waals surface area contributed by atoms with Crippen LogP contribution in [0.2, 0.25) is 0 Å². The maximum Gasteiger partial charge on any atom is 0.265 e. The minimum absolute atomic E-state index is 0.0423. The van der Waals surface area contributed by atoms with Crippen molar-refractivity contribution in [3.63, 3.8) is 0 Å². The first kappa shape index (κ1) is 19.5. The van der Waals surface area contributed by atoms with Crippen molar-refractivity contribution in [3.05, 3.63) is 60.2 Å². The molecule has 6 nitrogen and oxygen atoms in total. The lowest BCUT2D eigenvalue weighted by atomic mass is 9.94. The molecule has 0 saturated carbocycles. The van der Waals surface area contributed by atoms with Crippen molar-refractivity contribution in [1.82, 2.24) is 20.0 Å². The maximum atomic E-state index is 15.8. The Kier molecular flexibility index (Phi) is 5.58. The van der Waals surface area contributed by atoms with Crippen LogP contribution < -0.4 is 4.74 Å². The number of pyridine rings is 1. The highest BCUT2D eigenvalue weighted by atomic mass is 19.1. The Hall–Kier alpha value is -2.80. The number of benzene rings is 1. The number of piperidine rings is 1. The summed E-state index contributed by atoms with van der Waals surface area (Å²) in [6.07, 6.45) is 4.47. The third-order valence-electron chi connectivity index (χ3n) is 5.00. The van der Waals surface area contributed by atoms with E-state index in [9.17, 15) is 0 Å². The first-order chi connectivity index (χ1) is 14.0. The Bertz CT molecular complexity index is 947. The molecule has 3 aromatic rings. The number of hydrogen-bond donors (Lipinski definition) is 0. The molecule has 3 heterocycles. The number of para-hydroxylation sites is 1. The van der Waals surface area contributed by atoms with E-state index in [1.807, 2.05) is 38.1 Å². The molecule has 0 bridgehead atoms. The van der Waals surface area contributed by atoms with Gasteiger partial charge < -0.3 is 9.26 Å². The molecule has 0 aliphatic carbocycles. The van der Waals surface area contributed by atoms with Crippen LogP contribution in [0.4, 0.5) is 4.39 Å². The van der Waals surface area contributed by atoms with Gasteiger partial charge in [-0.3, -0.25) is 9.88 Å². The number of rotatable bonds is 6. The van der Waals surface area contributed by atoms with E-state index < -0.39 is 5.67 Å². The van der Waals surface area contributed by atoms with Gasteiger partial charge in [-0.25, -0.2) is 4.39 Å². The Morgan fingerprint density at radius 1 is 1.21 bits per heavy atom. The summed E-state index contributed by atoms with van der Waals surface area (Å²) in [7, 11) is 0. The molecular formula is C22H25FN4O2. The molecule has 4 rings (SSSR count). The Labute approximate surface area is 169 Å². The SMILES string of the molecule is CC(C)Oc1ccccc1CN1CCCC(F)(c2nc(-c3ccncc3)no2)C1. The molecule has 2 aromatic heterocycles. The summed E-state index contributed by atoms with van der Waals surface area (Å²) < 4.78 is 27.1. The smallest absolute Gasteiger partial charge is 0.265 e. The third kappa shape index (κ3) is 4.45. The predicted octanol–water partition coefficient (Wildman–Crippen LogP) is 4.38. The highest BCUT2D eigenvalue weighted by molar-refractivity contribution is 5.52. The molecule has 1 saturated heterocycles. The highest BCUT2D eigenvalue weighted by Crippen LogP contribution is 2.36. The van der Waals surface area contributed by atoms with Crippen molar-refractivity contribution in [2.75, 3.05) is 13.1 Å². The highest BCUT2D eigenvalue weighted by Gasteiger charge is 2.42. The van der Waals surface area contributed by atoms with Gasteiger partial charge in [-0.15, -0.1) is 0 Å². The number of likely N-dealkylation sites (tertiary alicyclic amines) is 1. The number of alkyl halides is 1. The third-order valence-corrected chi connectivity index (χ3v) is 5.00. The van der Waals surface area contributed by atoms with Gasteiger partial charge in [-0.1, -0.05) is 23.4 Å². The minimum Gasteiger partial charge on any atom is -0.491 e. The first-order valence-corrected chi connectivity index (χ1v) is 9.94. The molecule has 0 amide bonds. The van der Waals surface area contributed by atoms with E-state index >= 15 is 4.39 Å². The second-order valence-corrected chi connectivity index (χ2v) is 7.71. The zero-order valence-corrected chi connectivity index (χ0v) is 16.7. The van der Waals surface area contributed by atoms with E-state index in [4.69, 9.17) is 9.26 Å².